The van der Waals surface area contributed by atoms with Gasteiger partial charge in [-0.1, -0.05) is 50.2 Å². The number of alkyl halides is 3. The molecule has 0 aliphatic carbocycles. The summed E-state index contributed by atoms with van der Waals surface area (Å²) >= 11 is 0. The normalized spacial score (nSPS) is 15.8. The minimum absolute atomic E-state index is 0.157. The Hall–Kier alpha value is -3.06. The fourth-order valence-electron chi connectivity index (χ4n) is 4.35. The van der Waals surface area contributed by atoms with E-state index in [1.54, 1.807) is 6.07 Å². The van der Waals surface area contributed by atoms with Gasteiger partial charge in [-0.3, -0.25) is 4.99 Å². The summed E-state index contributed by atoms with van der Waals surface area (Å²) in [6, 6.07) is 16.7. The predicted molar refractivity (Wildman–Crippen MR) is 126 cm³/mol. The van der Waals surface area contributed by atoms with Gasteiger partial charge in [-0.2, -0.15) is 0 Å². The fraction of sp³-hybridized carbons (Fsp3) is 0.346. The molecule has 0 saturated carbocycles. The van der Waals surface area contributed by atoms with E-state index in [-0.39, 0.29) is 11.8 Å². The Morgan fingerprint density at radius 3 is 2.42 bits per heavy atom. The van der Waals surface area contributed by atoms with Crippen LogP contribution in [-0.4, -0.2) is 42.7 Å². The van der Waals surface area contributed by atoms with Crippen molar-refractivity contribution in [2.45, 2.75) is 32.8 Å². The average Bonchev–Trinajstić information content (AvgIpc) is 3.12. The van der Waals surface area contributed by atoms with E-state index >= 15 is 0 Å². The van der Waals surface area contributed by atoms with Gasteiger partial charge in [0.2, 0.25) is 0 Å². The average molecular weight is 456 g/mol. The van der Waals surface area contributed by atoms with E-state index < -0.39 is 6.36 Å². The van der Waals surface area contributed by atoms with E-state index in [9.17, 15) is 13.2 Å². The van der Waals surface area contributed by atoms with E-state index in [0.717, 1.165) is 29.1 Å². The fourth-order valence-corrected chi connectivity index (χ4v) is 4.35. The Morgan fingerprint density at radius 1 is 1.06 bits per heavy atom. The molecule has 1 aliphatic rings. The summed E-state index contributed by atoms with van der Waals surface area (Å²) in [7, 11) is 4.05. The third-order valence-corrected chi connectivity index (χ3v) is 5.79. The van der Waals surface area contributed by atoms with Crippen LogP contribution in [0.5, 0.6) is 5.75 Å². The molecule has 33 heavy (non-hydrogen) atoms. The number of hydrogen-bond donors (Lipinski definition) is 0. The molecule has 1 aliphatic heterocycles. The number of aromatic nitrogens is 1. The summed E-state index contributed by atoms with van der Waals surface area (Å²) < 4.78 is 44.9. The van der Waals surface area contributed by atoms with Crippen LogP contribution in [0.15, 0.2) is 59.6 Å². The number of ether oxygens (including phenoxy) is 1. The summed E-state index contributed by atoms with van der Waals surface area (Å²) in [6.45, 7) is 5.83. The Labute approximate surface area is 192 Å². The van der Waals surface area contributed by atoms with Crippen LogP contribution in [-0.2, 0) is 6.54 Å². The summed E-state index contributed by atoms with van der Waals surface area (Å²) in [5.74, 6) is 0.110. The van der Waals surface area contributed by atoms with Gasteiger partial charge in [0.15, 0.2) is 0 Å². The zero-order chi connectivity index (χ0) is 23.8. The zero-order valence-electron chi connectivity index (χ0n) is 19.2. The molecule has 2 aromatic carbocycles. The third kappa shape index (κ3) is 5.14. The van der Waals surface area contributed by atoms with E-state index in [4.69, 9.17) is 0 Å². The number of rotatable bonds is 6. The van der Waals surface area contributed by atoms with Crippen LogP contribution in [0.3, 0.4) is 0 Å². The van der Waals surface area contributed by atoms with Gasteiger partial charge in [-0.25, -0.2) is 0 Å². The van der Waals surface area contributed by atoms with Crippen molar-refractivity contribution in [1.82, 2.24) is 9.47 Å². The van der Waals surface area contributed by atoms with Gasteiger partial charge >= 0.3 is 6.36 Å². The van der Waals surface area contributed by atoms with Gasteiger partial charge in [0.1, 0.15) is 5.75 Å². The van der Waals surface area contributed by atoms with E-state index in [1.165, 1.54) is 17.7 Å². The molecule has 1 aromatic heterocycles. The highest BCUT2D eigenvalue weighted by molar-refractivity contribution is 5.91. The molecular formula is C26H28F3N3O. The van der Waals surface area contributed by atoms with Gasteiger partial charge < -0.3 is 14.2 Å². The van der Waals surface area contributed by atoms with Crippen molar-refractivity contribution in [3.63, 3.8) is 0 Å². The van der Waals surface area contributed by atoms with Crippen LogP contribution in [0.2, 0.25) is 0 Å². The van der Waals surface area contributed by atoms with Crippen LogP contribution in [0.1, 0.15) is 31.1 Å². The molecule has 7 heteroatoms. The molecule has 4 nitrogen and oxygen atoms in total. The van der Waals surface area contributed by atoms with Crippen LogP contribution in [0, 0.1) is 5.92 Å². The third-order valence-electron chi connectivity index (χ3n) is 5.79. The number of benzene rings is 2. The predicted octanol–water partition coefficient (Wildman–Crippen LogP) is 6.41. The van der Waals surface area contributed by atoms with Crippen molar-refractivity contribution in [1.29, 1.82) is 0 Å². The number of fused-ring (bicyclic) bond motifs is 1. The molecule has 0 spiro atoms. The molecule has 0 amide bonds. The highest BCUT2D eigenvalue weighted by atomic mass is 19.4. The van der Waals surface area contributed by atoms with Crippen molar-refractivity contribution >= 4 is 6.21 Å². The molecule has 2 heterocycles. The second-order valence-electron chi connectivity index (χ2n) is 9.02. The van der Waals surface area contributed by atoms with E-state index in [2.05, 4.69) is 57.3 Å². The second-order valence-corrected chi connectivity index (χ2v) is 9.02. The highest BCUT2D eigenvalue weighted by Crippen LogP contribution is 2.41. The second kappa shape index (κ2) is 9.06. The van der Waals surface area contributed by atoms with Gasteiger partial charge in [0.05, 0.1) is 24.0 Å². The van der Waals surface area contributed by atoms with E-state index in [1.807, 2.05) is 32.4 Å². The molecule has 3 aromatic rings. The minimum Gasteiger partial charge on any atom is -0.406 e. The van der Waals surface area contributed by atoms with E-state index in [0.29, 0.717) is 18.0 Å². The number of hydrogen-bond acceptors (Lipinski definition) is 3. The SMILES string of the molecule is CC(C)[C@H]1CN=Cc2cc(-c3cccc(OC(F)(F)F)c3)c(-c3ccc(CN(C)C)cc3)n21. The first kappa shape index (κ1) is 23.1. The molecule has 0 fully saturated rings. The molecule has 0 bridgehead atoms. The Kier molecular flexibility index (Phi) is 6.34. The molecule has 1 atom stereocenters. The van der Waals surface area contributed by atoms with Crippen LogP contribution >= 0.6 is 0 Å². The Morgan fingerprint density at radius 2 is 1.79 bits per heavy atom. The number of aliphatic imine (C=N–C) groups is 1. The standard InChI is InChI=1S/C26H28F3N3O/c1-17(2)24-15-30-14-21-13-23(20-6-5-7-22(12-20)33-26(27,28)29)25(32(21)24)19-10-8-18(9-11-19)16-31(3)4/h5-14,17,24H,15-16H2,1-4H3/t24-/m1/s1. The van der Waals surface area contributed by atoms with Crippen LogP contribution < -0.4 is 4.74 Å². The minimum atomic E-state index is -4.74. The smallest absolute Gasteiger partial charge is 0.406 e. The van der Waals surface area contributed by atoms with Crippen molar-refractivity contribution < 1.29 is 17.9 Å². The quantitative estimate of drug-likeness (QED) is 0.430. The molecule has 0 N–H and O–H groups in total. The van der Waals surface area contributed by atoms with Crippen LogP contribution in [0.4, 0.5) is 13.2 Å². The maximum Gasteiger partial charge on any atom is 0.573 e. The molecule has 0 radical (unpaired) electrons. The molecule has 0 saturated heterocycles. The monoisotopic (exact) mass is 455 g/mol. The van der Waals surface area contributed by atoms with Crippen molar-refractivity contribution in [3.8, 4) is 28.1 Å². The van der Waals surface area contributed by atoms with Gasteiger partial charge in [-0.05, 0) is 54.9 Å². The lowest BCUT2D eigenvalue weighted by Gasteiger charge is -2.28. The zero-order valence-corrected chi connectivity index (χ0v) is 19.2. The summed E-state index contributed by atoms with van der Waals surface area (Å²) in [5.41, 5.74) is 5.67. The molecule has 174 valence electrons. The van der Waals surface area contributed by atoms with Gasteiger partial charge in [-0.15, -0.1) is 13.2 Å². The lowest BCUT2D eigenvalue weighted by atomic mass is 9.98. The van der Waals surface area contributed by atoms with Gasteiger partial charge in [0, 0.05) is 18.3 Å². The van der Waals surface area contributed by atoms with Crippen molar-refractivity contribution in [3.05, 3.63) is 65.9 Å². The van der Waals surface area contributed by atoms with Crippen molar-refractivity contribution in [2.75, 3.05) is 20.6 Å². The maximum absolute atomic E-state index is 12.8. The van der Waals surface area contributed by atoms with Crippen molar-refractivity contribution in [2.24, 2.45) is 10.9 Å². The lowest BCUT2D eigenvalue weighted by Crippen LogP contribution is -2.24. The summed E-state index contributed by atoms with van der Waals surface area (Å²) in [6.07, 6.45) is -2.89. The molecule has 4 rings (SSSR count). The first-order valence-electron chi connectivity index (χ1n) is 11.0. The molecular weight excluding hydrogens is 427 g/mol. The maximum atomic E-state index is 12.8. The highest BCUT2D eigenvalue weighted by Gasteiger charge is 2.32. The topological polar surface area (TPSA) is 29.8 Å². The Bertz CT molecular complexity index is 1140. The number of nitrogens with zero attached hydrogens (tertiary/aromatic N) is 3. The number of halogens is 3. The van der Waals surface area contributed by atoms with Gasteiger partial charge in [0.25, 0.3) is 0 Å². The first-order valence-corrected chi connectivity index (χ1v) is 11.0. The largest absolute Gasteiger partial charge is 0.573 e. The molecule has 0 unspecified atom stereocenters. The summed E-state index contributed by atoms with van der Waals surface area (Å²) in [5, 5.41) is 0. The Balaban J connectivity index is 1.87. The first-order chi connectivity index (χ1) is 15.6. The lowest BCUT2D eigenvalue weighted by molar-refractivity contribution is -0.274. The summed E-state index contributed by atoms with van der Waals surface area (Å²) in [4.78, 5) is 6.66. The van der Waals surface area contributed by atoms with Crippen LogP contribution in [0.25, 0.3) is 22.4 Å².